The van der Waals surface area contributed by atoms with Gasteiger partial charge in [-0.25, -0.2) is 0 Å². The van der Waals surface area contributed by atoms with Gasteiger partial charge in [-0.2, -0.15) is 0 Å². The fourth-order valence-corrected chi connectivity index (χ4v) is 9.30. The molecule has 0 fully saturated rings. The number of hydrogen-bond donors (Lipinski definition) is 0. The Balaban J connectivity index is 1.28. The third-order valence-electron chi connectivity index (χ3n) is 12.2. The van der Waals surface area contributed by atoms with Gasteiger partial charge in [-0.05, 0) is 116 Å². The van der Waals surface area contributed by atoms with Crippen LogP contribution in [0, 0.1) is 0 Å². The fraction of sp³-hybridized carbons (Fsp3) is 0.111. The molecule has 2 aliphatic rings. The minimum Gasteiger partial charge on any atom is -0.310 e. The van der Waals surface area contributed by atoms with Crippen LogP contribution in [0.2, 0.25) is 0 Å². The van der Waals surface area contributed by atoms with Crippen molar-refractivity contribution in [1.29, 1.82) is 0 Å². The molecule has 0 radical (unpaired) electrons. The van der Waals surface area contributed by atoms with Crippen molar-refractivity contribution < 1.29 is 0 Å². The molecule has 0 aromatic heterocycles. The number of benzene rings is 8. The van der Waals surface area contributed by atoms with E-state index < -0.39 is 0 Å². The Morgan fingerprint density at radius 3 is 0.875 bits per heavy atom. The van der Waals surface area contributed by atoms with Crippen LogP contribution in [0.1, 0.15) is 49.9 Å². The highest BCUT2D eigenvalue weighted by molar-refractivity contribution is 5.94. The Bertz CT molecular complexity index is 2480. The van der Waals surface area contributed by atoms with E-state index in [0.717, 1.165) is 16.9 Å². The fourth-order valence-electron chi connectivity index (χ4n) is 9.30. The van der Waals surface area contributed by atoms with Crippen LogP contribution in [-0.2, 0) is 10.8 Å². The number of nitrogens with zero attached hydrogens (tertiary/aromatic N) is 2. The summed E-state index contributed by atoms with van der Waals surface area (Å²) in [4.78, 5) is 4.99. The molecule has 0 bridgehead atoms. The molecule has 10 rings (SSSR count). The molecule has 0 N–H and O–H groups in total. The van der Waals surface area contributed by atoms with E-state index in [1.807, 2.05) is 0 Å². The smallest absolute Gasteiger partial charge is 0.0502 e. The van der Waals surface area contributed by atoms with Gasteiger partial charge in [0.15, 0.2) is 0 Å². The standard InChI is InChI=1S/C54H44N2/c1-53(2)45-23-11-15-27-49(45)55(50-28-16-12-24-46(50)53)43-34-42(41-32-39(37-19-7-5-8-20-37)31-40(33-41)38-21-9-6-10-22-38)35-44(36-43)56-51-29-17-13-25-47(51)54(3,4)48-26-14-18-30-52(48)56/h5-36H,1-4H3. The Morgan fingerprint density at radius 2 is 0.536 bits per heavy atom. The molecule has 2 aliphatic heterocycles. The average Bonchev–Trinajstić information content (AvgIpc) is 3.24. The van der Waals surface area contributed by atoms with Gasteiger partial charge in [0.1, 0.15) is 0 Å². The molecule has 2 heteroatoms. The van der Waals surface area contributed by atoms with Crippen molar-refractivity contribution in [2.24, 2.45) is 0 Å². The summed E-state index contributed by atoms with van der Waals surface area (Å²) in [6.07, 6.45) is 0. The van der Waals surface area contributed by atoms with Crippen molar-refractivity contribution >= 4 is 34.1 Å². The van der Waals surface area contributed by atoms with Gasteiger partial charge in [0.05, 0.1) is 22.7 Å². The average molecular weight is 721 g/mol. The Labute approximate surface area is 331 Å². The molecule has 0 aliphatic carbocycles. The number of anilines is 6. The molecule has 56 heavy (non-hydrogen) atoms. The molecule has 0 unspecified atom stereocenters. The zero-order valence-electron chi connectivity index (χ0n) is 32.4. The third kappa shape index (κ3) is 5.39. The van der Waals surface area contributed by atoms with Crippen LogP contribution >= 0.6 is 0 Å². The molecule has 2 nitrogen and oxygen atoms in total. The van der Waals surface area contributed by atoms with Crippen LogP contribution in [0.3, 0.4) is 0 Å². The molecule has 0 atom stereocenters. The summed E-state index contributed by atoms with van der Waals surface area (Å²) in [5, 5.41) is 0. The van der Waals surface area contributed by atoms with E-state index in [-0.39, 0.29) is 10.8 Å². The zero-order chi connectivity index (χ0) is 38.0. The van der Waals surface area contributed by atoms with Crippen LogP contribution in [0.4, 0.5) is 34.1 Å². The topological polar surface area (TPSA) is 6.48 Å². The van der Waals surface area contributed by atoms with E-state index in [0.29, 0.717) is 0 Å². The molecule has 0 amide bonds. The summed E-state index contributed by atoms with van der Waals surface area (Å²) in [5.41, 5.74) is 19.2. The van der Waals surface area contributed by atoms with Crippen LogP contribution in [-0.4, -0.2) is 0 Å². The van der Waals surface area contributed by atoms with E-state index in [2.05, 4.69) is 232 Å². The normalized spacial score (nSPS) is 14.6. The van der Waals surface area contributed by atoms with E-state index >= 15 is 0 Å². The van der Waals surface area contributed by atoms with Gasteiger partial charge in [0, 0.05) is 22.2 Å². The first-order valence-corrected chi connectivity index (χ1v) is 19.7. The summed E-state index contributed by atoms with van der Waals surface area (Å²) in [6.45, 7) is 9.42. The second-order valence-corrected chi connectivity index (χ2v) is 16.3. The van der Waals surface area contributed by atoms with Crippen LogP contribution in [0.25, 0.3) is 33.4 Å². The maximum absolute atomic E-state index is 2.49. The summed E-state index contributed by atoms with van der Waals surface area (Å²) in [6, 6.07) is 71.6. The predicted molar refractivity (Wildman–Crippen MR) is 236 cm³/mol. The van der Waals surface area contributed by atoms with Crippen molar-refractivity contribution in [3.05, 3.63) is 216 Å². The van der Waals surface area contributed by atoms with Gasteiger partial charge in [0.2, 0.25) is 0 Å². The van der Waals surface area contributed by atoms with Crippen molar-refractivity contribution in [3.8, 4) is 33.4 Å². The third-order valence-corrected chi connectivity index (χ3v) is 12.2. The maximum Gasteiger partial charge on any atom is 0.0502 e. The highest BCUT2D eigenvalue weighted by atomic mass is 15.2. The summed E-state index contributed by atoms with van der Waals surface area (Å²) < 4.78 is 0. The molecular weight excluding hydrogens is 677 g/mol. The van der Waals surface area contributed by atoms with Gasteiger partial charge < -0.3 is 9.80 Å². The lowest BCUT2D eigenvalue weighted by atomic mass is 9.73. The molecule has 0 saturated carbocycles. The van der Waals surface area contributed by atoms with E-state index in [1.54, 1.807) is 0 Å². The van der Waals surface area contributed by atoms with Gasteiger partial charge in [-0.3, -0.25) is 0 Å². The van der Waals surface area contributed by atoms with Gasteiger partial charge in [0.25, 0.3) is 0 Å². The molecule has 270 valence electrons. The SMILES string of the molecule is CC1(C)c2ccccc2N(c2cc(-c3cc(-c4ccccc4)cc(-c4ccccc4)c3)cc(N3c4ccccc4C(C)(C)c4ccccc43)c2)c2ccccc21. The van der Waals surface area contributed by atoms with Gasteiger partial charge in [-0.15, -0.1) is 0 Å². The number of fused-ring (bicyclic) bond motifs is 4. The summed E-state index contributed by atoms with van der Waals surface area (Å²) >= 11 is 0. The maximum atomic E-state index is 2.49. The first kappa shape index (κ1) is 33.9. The lowest BCUT2D eigenvalue weighted by Crippen LogP contribution is -2.31. The quantitative estimate of drug-likeness (QED) is 0.175. The molecule has 0 spiro atoms. The van der Waals surface area contributed by atoms with Crippen LogP contribution in [0.15, 0.2) is 194 Å². The Morgan fingerprint density at radius 1 is 0.268 bits per heavy atom. The lowest BCUT2D eigenvalue weighted by Gasteiger charge is -2.43. The van der Waals surface area contributed by atoms with Crippen molar-refractivity contribution in [2.75, 3.05) is 9.80 Å². The van der Waals surface area contributed by atoms with E-state index in [1.165, 1.54) is 72.8 Å². The highest BCUT2D eigenvalue weighted by Gasteiger charge is 2.39. The van der Waals surface area contributed by atoms with Crippen LogP contribution in [0.5, 0.6) is 0 Å². The van der Waals surface area contributed by atoms with E-state index in [4.69, 9.17) is 0 Å². The summed E-state index contributed by atoms with van der Waals surface area (Å²) in [5.74, 6) is 0. The minimum atomic E-state index is -0.158. The lowest BCUT2D eigenvalue weighted by molar-refractivity contribution is 0.631. The molecular formula is C54H44N2. The first-order valence-electron chi connectivity index (χ1n) is 19.7. The van der Waals surface area contributed by atoms with Gasteiger partial charge >= 0.3 is 0 Å². The number of hydrogen-bond acceptors (Lipinski definition) is 2. The monoisotopic (exact) mass is 720 g/mol. The second kappa shape index (κ2) is 13.0. The zero-order valence-corrected chi connectivity index (χ0v) is 32.4. The summed E-state index contributed by atoms with van der Waals surface area (Å²) in [7, 11) is 0. The van der Waals surface area contributed by atoms with Crippen molar-refractivity contribution in [2.45, 2.75) is 38.5 Å². The second-order valence-electron chi connectivity index (χ2n) is 16.3. The Hall–Kier alpha value is -6.64. The van der Waals surface area contributed by atoms with E-state index in [9.17, 15) is 0 Å². The van der Waals surface area contributed by atoms with Gasteiger partial charge in [-0.1, -0.05) is 161 Å². The molecule has 8 aromatic rings. The highest BCUT2D eigenvalue weighted by Crippen LogP contribution is 2.55. The minimum absolute atomic E-state index is 0.158. The number of para-hydroxylation sites is 4. The molecule has 8 aromatic carbocycles. The molecule has 2 heterocycles. The van der Waals surface area contributed by atoms with Crippen LogP contribution < -0.4 is 9.80 Å². The van der Waals surface area contributed by atoms with Crippen molar-refractivity contribution in [3.63, 3.8) is 0 Å². The Kier molecular flexibility index (Phi) is 7.87. The first-order chi connectivity index (χ1) is 27.3. The van der Waals surface area contributed by atoms with Crippen molar-refractivity contribution in [1.82, 2.24) is 0 Å². The largest absolute Gasteiger partial charge is 0.310 e. The number of rotatable bonds is 5. The predicted octanol–water partition coefficient (Wildman–Crippen LogP) is 14.9. The molecule has 0 saturated heterocycles.